The molecule has 10 heteroatoms. The first kappa shape index (κ1) is 21.2. The normalized spacial score (nSPS) is 26.3. The standard InChI is InChI=1S/C22H25F3N6O/c1-11-12(2)28-21-19(27-11)18(14-6-16(7-14)22(23,24)25)29-20(30-21)13-4-5-32-17(8-13)15-9-26-31(3)10-15/h9-10,13-14,16-17H,4-8H2,1-3H3/t13-,14-,16-,17-/m1/s1. The number of hydrogen-bond acceptors (Lipinski definition) is 6. The molecule has 0 amide bonds. The summed E-state index contributed by atoms with van der Waals surface area (Å²) in [6.07, 6.45) is 0.949. The molecule has 4 heterocycles. The summed E-state index contributed by atoms with van der Waals surface area (Å²) in [6.45, 7) is 4.26. The first-order valence-corrected chi connectivity index (χ1v) is 10.9. The number of nitrogens with zero attached hydrogens (tertiary/aromatic N) is 6. The van der Waals surface area contributed by atoms with Gasteiger partial charge in [0.05, 0.1) is 35.3 Å². The van der Waals surface area contributed by atoms with Gasteiger partial charge >= 0.3 is 6.18 Å². The topological polar surface area (TPSA) is 78.6 Å². The van der Waals surface area contributed by atoms with Crippen LogP contribution in [0.1, 0.15) is 72.1 Å². The Morgan fingerprint density at radius 2 is 1.75 bits per heavy atom. The molecule has 1 aliphatic heterocycles. The SMILES string of the molecule is Cc1nc2nc([C@@H]3CCO[C@@H](c4cnn(C)c4)C3)nc([C@H]3C[C@H](C(F)(F)F)C3)c2nc1C. The zero-order valence-corrected chi connectivity index (χ0v) is 18.2. The molecule has 0 radical (unpaired) electrons. The lowest BCUT2D eigenvalue weighted by molar-refractivity contribution is -0.197. The molecule has 3 aromatic heterocycles. The van der Waals surface area contributed by atoms with E-state index >= 15 is 0 Å². The number of halogens is 3. The number of alkyl halides is 3. The predicted octanol–water partition coefficient (Wildman–Crippen LogP) is 4.46. The lowest BCUT2D eigenvalue weighted by Crippen LogP contribution is -2.35. The zero-order valence-electron chi connectivity index (χ0n) is 18.2. The number of aromatic nitrogens is 6. The van der Waals surface area contributed by atoms with Crippen molar-refractivity contribution in [3.63, 3.8) is 0 Å². The number of hydrogen-bond donors (Lipinski definition) is 0. The van der Waals surface area contributed by atoms with E-state index in [2.05, 4.69) is 15.1 Å². The Morgan fingerprint density at radius 3 is 2.44 bits per heavy atom. The highest BCUT2D eigenvalue weighted by Crippen LogP contribution is 2.50. The largest absolute Gasteiger partial charge is 0.391 e. The molecule has 1 saturated heterocycles. The maximum absolute atomic E-state index is 13.1. The fourth-order valence-corrected chi connectivity index (χ4v) is 4.60. The molecule has 2 aliphatic rings. The van der Waals surface area contributed by atoms with E-state index < -0.39 is 12.1 Å². The van der Waals surface area contributed by atoms with Crippen molar-refractivity contribution < 1.29 is 17.9 Å². The molecular weight excluding hydrogens is 421 g/mol. The Balaban J connectivity index is 1.50. The molecular formula is C22H25F3N6O. The summed E-state index contributed by atoms with van der Waals surface area (Å²) in [5, 5.41) is 4.23. The number of rotatable bonds is 3. The minimum atomic E-state index is -4.17. The van der Waals surface area contributed by atoms with Crippen molar-refractivity contribution in [1.29, 1.82) is 0 Å². The summed E-state index contributed by atoms with van der Waals surface area (Å²) in [6, 6.07) is 0. The smallest absolute Gasteiger partial charge is 0.373 e. The summed E-state index contributed by atoms with van der Waals surface area (Å²) in [4.78, 5) is 18.7. The van der Waals surface area contributed by atoms with Gasteiger partial charge in [0.1, 0.15) is 11.3 Å². The van der Waals surface area contributed by atoms with Crippen molar-refractivity contribution in [2.45, 2.75) is 63.6 Å². The summed E-state index contributed by atoms with van der Waals surface area (Å²) in [7, 11) is 1.86. The van der Waals surface area contributed by atoms with E-state index in [0.29, 0.717) is 35.7 Å². The van der Waals surface area contributed by atoms with Gasteiger partial charge in [0.2, 0.25) is 0 Å². The van der Waals surface area contributed by atoms with E-state index in [1.165, 1.54) is 0 Å². The van der Waals surface area contributed by atoms with Gasteiger partial charge in [-0.15, -0.1) is 0 Å². The molecule has 2 atom stereocenters. The first-order valence-electron chi connectivity index (χ1n) is 10.9. The highest BCUT2D eigenvalue weighted by Gasteiger charge is 2.49. The van der Waals surface area contributed by atoms with Crippen LogP contribution in [-0.4, -0.2) is 42.5 Å². The minimum absolute atomic E-state index is 0.0269. The summed E-state index contributed by atoms with van der Waals surface area (Å²) in [5.74, 6) is -0.911. The molecule has 32 heavy (non-hydrogen) atoms. The summed E-state index contributed by atoms with van der Waals surface area (Å²) >= 11 is 0. The fraction of sp³-hybridized carbons (Fsp3) is 0.591. The van der Waals surface area contributed by atoms with Crippen LogP contribution in [0, 0.1) is 19.8 Å². The van der Waals surface area contributed by atoms with Crippen LogP contribution in [0.25, 0.3) is 11.2 Å². The quantitative estimate of drug-likeness (QED) is 0.591. The maximum atomic E-state index is 13.1. The average molecular weight is 446 g/mol. The highest BCUT2D eigenvalue weighted by molar-refractivity contribution is 5.73. The van der Waals surface area contributed by atoms with Gasteiger partial charge in [0.25, 0.3) is 0 Å². The van der Waals surface area contributed by atoms with Crippen LogP contribution in [-0.2, 0) is 11.8 Å². The number of ether oxygens (including phenoxy) is 1. The van der Waals surface area contributed by atoms with Gasteiger partial charge in [-0.25, -0.2) is 19.9 Å². The van der Waals surface area contributed by atoms with Gasteiger partial charge in [-0.1, -0.05) is 0 Å². The van der Waals surface area contributed by atoms with E-state index in [9.17, 15) is 13.2 Å². The number of aryl methyl sites for hydroxylation is 3. The van der Waals surface area contributed by atoms with Crippen molar-refractivity contribution in [3.8, 4) is 0 Å². The van der Waals surface area contributed by atoms with Gasteiger partial charge < -0.3 is 4.74 Å². The van der Waals surface area contributed by atoms with E-state index in [0.717, 1.165) is 23.4 Å². The van der Waals surface area contributed by atoms with Crippen LogP contribution in [0.2, 0.25) is 0 Å². The molecule has 7 nitrogen and oxygen atoms in total. The van der Waals surface area contributed by atoms with Crippen molar-refractivity contribution in [2.24, 2.45) is 13.0 Å². The molecule has 170 valence electrons. The third kappa shape index (κ3) is 3.85. The summed E-state index contributed by atoms with van der Waals surface area (Å²) in [5.41, 5.74) is 4.09. The van der Waals surface area contributed by atoms with Gasteiger partial charge in [0.15, 0.2) is 5.65 Å². The lowest BCUT2D eigenvalue weighted by Gasteiger charge is -2.36. The predicted molar refractivity (Wildman–Crippen MR) is 110 cm³/mol. The molecule has 0 unspecified atom stereocenters. The van der Waals surface area contributed by atoms with Crippen LogP contribution in [0.15, 0.2) is 12.4 Å². The highest BCUT2D eigenvalue weighted by atomic mass is 19.4. The molecule has 0 aromatic carbocycles. The zero-order chi connectivity index (χ0) is 22.6. The van der Waals surface area contributed by atoms with E-state index in [4.69, 9.17) is 14.7 Å². The maximum Gasteiger partial charge on any atom is 0.391 e. The van der Waals surface area contributed by atoms with Gasteiger partial charge in [-0.3, -0.25) is 4.68 Å². The van der Waals surface area contributed by atoms with Crippen molar-refractivity contribution in [3.05, 3.63) is 40.9 Å². The second-order valence-electron chi connectivity index (χ2n) is 8.97. The molecule has 1 aliphatic carbocycles. The molecule has 3 aromatic rings. The van der Waals surface area contributed by atoms with Gasteiger partial charge in [0, 0.05) is 37.3 Å². The third-order valence-corrected chi connectivity index (χ3v) is 6.72. The Labute approximate surface area is 183 Å². The second kappa shape index (κ2) is 7.75. The Bertz CT molecular complexity index is 1150. The van der Waals surface area contributed by atoms with E-state index in [-0.39, 0.29) is 30.8 Å². The Morgan fingerprint density at radius 1 is 1.00 bits per heavy atom. The molecule has 2 fully saturated rings. The molecule has 5 rings (SSSR count). The molecule has 1 saturated carbocycles. The van der Waals surface area contributed by atoms with Gasteiger partial charge in [-0.2, -0.15) is 18.3 Å². The van der Waals surface area contributed by atoms with Crippen LogP contribution < -0.4 is 0 Å². The van der Waals surface area contributed by atoms with Crippen LogP contribution in [0.3, 0.4) is 0 Å². The Hall–Kier alpha value is -2.62. The van der Waals surface area contributed by atoms with Crippen molar-refractivity contribution in [1.82, 2.24) is 29.7 Å². The van der Waals surface area contributed by atoms with Gasteiger partial charge in [-0.05, 0) is 39.5 Å². The van der Waals surface area contributed by atoms with Crippen molar-refractivity contribution in [2.75, 3.05) is 6.61 Å². The Kier molecular flexibility index (Phi) is 5.15. The van der Waals surface area contributed by atoms with Crippen molar-refractivity contribution >= 4 is 11.2 Å². The number of fused-ring (bicyclic) bond motifs is 1. The van der Waals surface area contributed by atoms with Crippen LogP contribution in [0.4, 0.5) is 13.2 Å². The molecule has 0 spiro atoms. The third-order valence-electron chi connectivity index (χ3n) is 6.72. The monoisotopic (exact) mass is 446 g/mol. The lowest BCUT2D eigenvalue weighted by atomic mass is 9.72. The van der Waals surface area contributed by atoms with Crippen LogP contribution in [0.5, 0.6) is 0 Å². The average Bonchev–Trinajstić information content (AvgIpc) is 3.13. The van der Waals surface area contributed by atoms with E-state index in [1.807, 2.05) is 27.1 Å². The first-order chi connectivity index (χ1) is 15.2. The van der Waals surface area contributed by atoms with Crippen LogP contribution >= 0.6 is 0 Å². The summed E-state index contributed by atoms with van der Waals surface area (Å²) < 4.78 is 47.0. The fourth-order valence-electron chi connectivity index (χ4n) is 4.60. The second-order valence-corrected chi connectivity index (χ2v) is 8.97. The molecule has 0 N–H and O–H groups in total. The molecule has 0 bridgehead atoms. The minimum Gasteiger partial charge on any atom is -0.373 e. The van der Waals surface area contributed by atoms with E-state index in [1.54, 1.807) is 10.9 Å².